The molecule has 4 rings (SSSR count). The molecule has 1 aliphatic heterocycles. The summed E-state index contributed by atoms with van der Waals surface area (Å²) in [5.74, 6) is 2.28. The zero-order valence-corrected chi connectivity index (χ0v) is 15.5. The third-order valence-corrected chi connectivity index (χ3v) is 4.86. The van der Waals surface area contributed by atoms with Crippen LogP contribution in [0, 0.1) is 0 Å². The number of methoxy groups -OCH3 is 1. The summed E-state index contributed by atoms with van der Waals surface area (Å²) in [6, 6.07) is 18.4. The van der Waals surface area contributed by atoms with Crippen molar-refractivity contribution in [3.63, 3.8) is 0 Å². The third kappa shape index (κ3) is 4.28. The smallest absolute Gasteiger partial charge is 0.230 e. The lowest BCUT2D eigenvalue weighted by Gasteiger charge is -2.35. The van der Waals surface area contributed by atoms with Crippen LogP contribution in [-0.4, -0.2) is 48.4 Å². The van der Waals surface area contributed by atoms with Crippen molar-refractivity contribution in [3.8, 4) is 5.75 Å². The van der Waals surface area contributed by atoms with Crippen molar-refractivity contribution in [1.82, 2.24) is 15.1 Å². The minimum Gasteiger partial charge on any atom is -0.495 e. The summed E-state index contributed by atoms with van der Waals surface area (Å²) in [5.41, 5.74) is 2.33. The number of benzene rings is 2. The van der Waals surface area contributed by atoms with Gasteiger partial charge in [0.15, 0.2) is 0 Å². The molecule has 0 N–H and O–H groups in total. The fraction of sp³-hybridized carbons (Fsp3) is 0.333. The Kier molecular flexibility index (Phi) is 5.34. The Morgan fingerprint density at radius 3 is 2.37 bits per heavy atom. The summed E-state index contributed by atoms with van der Waals surface area (Å²) in [6.45, 7) is 4.50. The van der Waals surface area contributed by atoms with Gasteiger partial charge in [-0.25, -0.2) is 0 Å². The van der Waals surface area contributed by atoms with Crippen LogP contribution in [-0.2, 0) is 13.0 Å². The van der Waals surface area contributed by atoms with Crippen molar-refractivity contribution in [2.45, 2.75) is 13.0 Å². The van der Waals surface area contributed by atoms with Crippen molar-refractivity contribution in [2.75, 3.05) is 38.2 Å². The summed E-state index contributed by atoms with van der Waals surface area (Å²) in [4.78, 5) is 4.72. The molecule has 0 spiro atoms. The maximum absolute atomic E-state index is 5.84. The van der Waals surface area contributed by atoms with Crippen LogP contribution in [0.4, 0.5) is 5.69 Å². The van der Waals surface area contributed by atoms with E-state index in [0.29, 0.717) is 24.7 Å². The molecule has 27 heavy (non-hydrogen) atoms. The van der Waals surface area contributed by atoms with Gasteiger partial charge in [-0.15, -0.1) is 10.2 Å². The van der Waals surface area contributed by atoms with Gasteiger partial charge in [-0.05, 0) is 17.7 Å². The van der Waals surface area contributed by atoms with E-state index in [0.717, 1.165) is 37.6 Å². The van der Waals surface area contributed by atoms with E-state index in [9.17, 15) is 0 Å². The highest BCUT2D eigenvalue weighted by molar-refractivity contribution is 5.58. The molecule has 1 saturated heterocycles. The Balaban J connectivity index is 1.32. The molecule has 1 aliphatic rings. The lowest BCUT2D eigenvalue weighted by Crippen LogP contribution is -2.46. The number of hydrogen-bond acceptors (Lipinski definition) is 6. The van der Waals surface area contributed by atoms with Crippen LogP contribution >= 0.6 is 0 Å². The number of nitrogens with zero attached hydrogens (tertiary/aromatic N) is 4. The van der Waals surface area contributed by atoms with Gasteiger partial charge in [0.25, 0.3) is 0 Å². The molecule has 0 aliphatic carbocycles. The zero-order valence-electron chi connectivity index (χ0n) is 15.5. The Morgan fingerprint density at radius 2 is 1.59 bits per heavy atom. The van der Waals surface area contributed by atoms with E-state index in [1.165, 1.54) is 5.56 Å². The van der Waals surface area contributed by atoms with Crippen LogP contribution in [0.5, 0.6) is 5.75 Å². The SMILES string of the molecule is COc1ccccc1N1CCN(Cc2nnc(Cc3ccccc3)o2)CC1. The Labute approximate surface area is 159 Å². The predicted octanol–water partition coefficient (Wildman–Crippen LogP) is 2.99. The second-order valence-electron chi connectivity index (χ2n) is 6.69. The van der Waals surface area contributed by atoms with Crippen molar-refractivity contribution < 1.29 is 9.15 Å². The van der Waals surface area contributed by atoms with Gasteiger partial charge in [-0.2, -0.15) is 0 Å². The van der Waals surface area contributed by atoms with E-state index in [1.54, 1.807) is 7.11 Å². The molecule has 2 aromatic carbocycles. The number of aromatic nitrogens is 2. The second-order valence-corrected chi connectivity index (χ2v) is 6.69. The van der Waals surface area contributed by atoms with Gasteiger partial charge in [-0.3, -0.25) is 4.90 Å². The lowest BCUT2D eigenvalue weighted by atomic mass is 10.2. The molecule has 3 aromatic rings. The first-order valence-electron chi connectivity index (χ1n) is 9.27. The van der Waals surface area contributed by atoms with E-state index >= 15 is 0 Å². The van der Waals surface area contributed by atoms with Gasteiger partial charge in [0, 0.05) is 26.2 Å². The molecule has 1 aromatic heterocycles. The monoisotopic (exact) mass is 364 g/mol. The molecule has 0 radical (unpaired) electrons. The largest absolute Gasteiger partial charge is 0.495 e. The van der Waals surface area contributed by atoms with Gasteiger partial charge in [-0.1, -0.05) is 42.5 Å². The summed E-state index contributed by atoms with van der Waals surface area (Å²) < 4.78 is 11.3. The van der Waals surface area contributed by atoms with Crippen LogP contribution in [0.2, 0.25) is 0 Å². The average Bonchev–Trinajstić information content (AvgIpc) is 3.16. The normalized spacial score (nSPS) is 15.1. The number of ether oxygens (including phenoxy) is 1. The molecular weight excluding hydrogens is 340 g/mol. The van der Waals surface area contributed by atoms with Crippen LogP contribution in [0.25, 0.3) is 0 Å². The Hall–Kier alpha value is -2.86. The average molecular weight is 364 g/mol. The molecule has 2 heterocycles. The van der Waals surface area contributed by atoms with Gasteiger partial charge >= 0.3 is 0 Å². The zero-order chi connectivity index (χ0) is 18.5. The highest BCUT2D eigenvalue weighted by Gasteiger charge is 2.21. The molecular formula is C21H24N4O2. The first kappa shape index (κ1) is 17.5. The number of para-hydroxylation sites is 2. The maximum Gasteiger partial charge on any atom is 0.230 e. The van der Waals surface area contributed by atoms with Gasteiger partial charge < -0.3 is 14.1 Å². The molecule has 6 nitrogen and oxygen atoms in total. The third-order valence-electron chi connectivity index (χ3n) is 4.86. The maximum atomic E-state index is 5.84. The van der Waals surface area contributed by atoms with Crippen molar-refractivity contribution in [2.24, 2.45) is 0 Å². The van der Waals surface area contributed by atoms with Crippen LogP contribution in [0.15, 0.2) is 59.0 Å². The number of rotatable bonds is 6. The molecule has 0 atom stereocenters. The van der Waals surface area contributed by atoms with E-state index < -0.39 is 0 Å². The van der Waals surface area contributed by atoms with Crippen LogP contribution in [0.1, 0.15) is 17.3 Å². The summed E-state index contributed by atoms with van der Waals surface area (Å²) in [6.07, 6.45) is 0.676. The quantitative estimate of drug-likeness (QED) is 0.670. The standard InChI is InChI=1S/C21H24N4O2/c1-26-19-10-6-5-9-18(19)25-13-11-24(12-14-25)16-21-23-22-20(27-21)15-17-7-3-2-4-8-17/h2-10H,11-16H2,1H3. The van der Waals surface area contributed by atoms with Gasteiger partial charge in [0.05, 0.1) is 25.8 Å². The van der Waals surface area contributed by atoms with E-state index in [-0.39, 0.29) is 0 Å². The van der Waals surface area contributed by atoms with Crippen molar-refractivity contribution >= 4 is 5.69 Å². The fourth-order valence-electron chi connectivity index (χ4n) is 3.42. The van der Waals surface area contributed by atoms with Crippen LogP contribution < -0.4 is 9.64 Å². The topological polar surface area (TPSA) is 54.6 Å². The molecule has 6 heteroatoms. The van der Waals surface area contributed by atoms with Crippen LogP contribution in [0.3, 0.4) is 0 Å². The first-order chi connectivity index (χ1) is 13.3. The summed E-state index contributed by atoms with van der Waals surface area (Å²) in [5, 5.41) is 8.41. The highest BCUT2D eigenvalue weighted by Crippen LogP contribution is 2.28. The van der Waals surface area contributed by atoms with Crippen molar-refractivity contribution in [3.05, 3.63) is 71.9 Å². The second kappa shape index (κ2) is 8.22. The molecule has 0 unspecified atom stereocenters. The molecule has 0 bridgehead atoms. The molecule has 0 saturated carbocycles. The Bertz CT molecular complexity index is 857. The number of hydrogen-bond donors (Lipinski definition) is 0. The van der Waals surface area contributed by atoms with E-state index in [1.807, 2.05) is 30.3 Å². The minimum atomic E-state index is 0.670. The first-order valence-corrected chi connectivity index (χ1v) is 9.27. The number of piperazine rings is 1. The fourth-order valence-corrected chi connectivity index (χ4v) is 3.42. The molecule has 1 fully saturated rings. The lowest BCUT2D eigenvalue weighted by molar-refractivity contribution is 0.224. The minimum absolute atomic E-state index is 0.670. The number of anilines is 1. The van der Waals surface area contributed by atoms with Gasteiger partial charge in [0.2, 0.25) is 11.8 Å². The highest BCUT2D eigenvalue weighted by atomic mass is 16.5. The van der Waals surface area contributed by atoms with E-state index in [4.69, 9.17) is 9.15 Å². The predicted molar refractivity (Wildman–Crippen MR) is 104 cm³/mol. The summed E-state index contributed by atoms with van der Waals surface area (Å²) in [7, 11) is 1.72. The van der Waals surface area contributed by atoms with Crippen molar-refractivity contribution in [1.29, 1.82) is 0 Å². The van der Waals surface area contributed by atoms with E-state index in [2.05, 4.69) is 44.3 Å². The molecule has 0 amide bonds. The van der Waals surface area contributed by atoms with Gasteiger partial charge in [0.1, 0.15) is 5.75 Å². The summed E-state index contributed by atoms with van der Waals surface area (Å²) >= 11 is 0. The molecule has 140 valence electrons. The Morgan fingerprint density at radius 1 is 0.889 bits per heavy atom.